The van der Waals surface area contributed by atoms with Gasteiger partial charge in [-0.1, -0.05) is 27.3 Å². The standard InChI is InChI=1S/C11H17N3/c1-8(2)14-7-9(11(3,4)5)10(12-6)13-14/h7-8H,1-5H3. The van der Waals surface area contributed by atoms with Crippen LogP contribution >= 0.6 is 0 Å². The Labute approximate surface area is 85.6 Å². The Hall–Kier alpha value is -1.30. The zero-order valence-electron chi connectivity index (χ0n) is 9.50. The van der Waals surface area contributed by atoms with Gasteiger partial charge < -0.3 is 4.85 Å². The fourth-order valence-electron chi connectivity index (χ4n) is 1.26. The number of aromatic nitrogens is 2. The van der Waals surface area contributed by atoms with Crippen LogP contribution in [0.4, 0.5) is 5.82 Å². The van der Waals surface area contributed by atoms with Crippen molar-refractivity contribution in [3.8, 4) is 0 Å². The van der Waals surface area contributed by atoms with Gasteiger partial charge in [0.15, 0.2) is 0 Å². The molecule has 0 bridgehead atoms. The van der Waals surface area contributed by atoms with E-state index in [0.29, 0.717) is 11.9 Å². The Kier molecular flexibility index (Phi) is 2.66. The first-order valence-electron chi connectivity index (χ1n) is 4.83. The van der Waals surface area contributed by atoms with Crippen molar-refractivity contribution in [2.75, 3.05) is 0 Å². The Balaban J connectivity index is 3.24. The van der Waals surface area contributed by atoms with Crippen LogP contribution in [0.3, 0.4) is 0 Å². The summed E-state index contributed by atoms with van der Waals surface area (Å²) >= 11 is 0. The van der Waals surface area contributed by atoms with E-state index in [4.69, 9.17) is 6.57 Å². The van der Waals surface area contributed by atoms with Gasteiger partial charge in [-0.05, 0) is 24.4 Å². The smallest absolute Gasteiger partial charge is 0.299 e. The molecule has 0 atom stereocenters. The minimum absolute atomic E-state index is 0.00692. The molecule has 0 saturated carbocycles. The van der Waals surface area contributed by atoms with Gasteiger partial charge in [0, 0.05) is 11.8 Å². The summed E-state index contributed by atoms with van der Waals surface area (Å²) in [7, 11) is 0. The highest BCUT2D eigenvalue weighted by atomic mass is 15.3. The summed E-state index contributed by atoms with van der Waals surface area (Å²) in [5.74, 6) is 0.534. The quantitative estimate of drug-likeness (QED) is 0.624. The molecular formula is C11H17N3. The van der Waals surface area contributed by atoms with Crippen LogP contribution in [0.25, 0.3) is 4.85 Å². The Morgan fingerprint density at radius 3 is 2.29 bits per heavy atom. The molecule has 76 valence electrons. The van der Waals surface area contributed by atoms with Gasteiger partial charge >= 0.3 is 0 Å². The SMILES string of the molecule is [C-]#[N+]c1nn(C(C)C)cc1C(C)(C)C. The Morgan fingerprint density at radius 1 is 1.43 bits per heavy atom. The van der Waals surface area contributed by atoms with E-state index in [1.165, 1.54) is 0 Å². The van der Waals surface area contributed by atoms with Gasteiger partial charge in [-0.25, -0.2) is 0 Å². The molecular weight excluding hydrogens is 174 g/mol. The fraction of sp³-hybridized carbons (Fsp3) is 0.636. The van der Waals surface area contributed by atoms with Gasteiger partial charge in [-0.2, -0.15) is 4.68 Å². The Morgan fingerprint density at radius 2 is 2.00 bits per heavy atom. The van der Waals surface area contributed by atoms with Crippen molar-refractivity contribution in [2.45, 2.75) is 46.1 Å². The molecule has 0 fully saturated rings. The van der Waals surface area contributed by atoms with Crippen LogP contribution in [0.15, 0.2) is 6.20 Å². The first kappa shape index (κ1) is 10.8. The number of nitrogens with zero attached hydrogens (tertiary/aromatic N) is 3. The lowest BCUT2D eigenvalue weighted by atomic mass is 9.89. The highest BCUT2D eigenvalue weighted by Gasteiger charge is 2.23. The third kappa shape index (κ3) is 1.95. The van der Waals surface area contributed by atoms with Crippen molar-refractivity contribution in [3.05, 3.63) is 23.2 Å². The van der Waals surface area contributed by atoms with Gasteiger partial charge in [0.25, 0.3) is 5.82 Å². The highest BCUT2D eigenvalue weighted by molar-refractivity contribution is 5.47. The molecule has 0 aliphatic rings. The lowest BCUT2D eigenvalue weighted by Crippen LogP contribution is -2.10. The van der Waals surface area contributed by atoms with Crippen LogP contribution in [0.5, 0.6) is 0 Å². The summed E-state index contributed by atoms with van der Waals surface area (Å²) in [5, 5.41) is 4.26. The lowest BCUT2D eigenvalue weighted by Gasteiger charge is -2.16. The van der Waals surface area contributed by atoms with Crippen LogP contribution in [-0.4, -0.2) is 9.78 Å². The molecule has 0 radical (unpaired) electrons. The van der Waals surface area contributed by atoms with Crippen molar-refractivity contribution in [1.29, 1.82) is 0 Å². The number of rotatable bonds is 1. The summed E-state index contributed by atoms with van der Waals surface area (Å²) in [6.45, 7) is 17.5. The molecule has 1 aromatic rings. The summed E-state index contributed by atoms with van der Waals surface area (Å²) in [4.78, 5) is 3.46. The average Bonchev–Trinajstić information content (AvgIpc) is 2.46. The number of hydrogen-bond acceptors (Lipinski definition) is 1. The molecule has 1 aromatic heterocycles. The van der Waals surface area contributed by atoms with Crippen molar-refractivity contribution in [3.63, 3.8) is 0 Å². The zero-order valence-corrected chi connectivity index (χ0v) is 9.50. The van der Waals surface area contributed by atoms with Gasteiger partial charge in [-0.15, -0.1) is 0 Å². The monoisotopic (exact) mass is 191 g/mol. The van der Waals surface area contributed by atoms with E-state index in [1.54, 1.807) is 0 Å². The minimum Gasteiger partial charge on any atom is -0.359 e. The third-order valence-corrected chi connectivity index (χ3v) is 2.16. The van der Waals surface area contributed by atoms with E-state index >= 15 is 0 Å². The molecule has 0 aliphatic heterocycles. The van der Waals surface area contributed by atoms with Gasteiger partial charge in [0.1, 0.15) is 0 Å². The predicted molar refractivity (Wildman–Crippen MR) is 57.6 cm³/mol. The molecule has 0 spiro atoms. The second kappa shape index (κ2) is 3.45. The van der Waals surface area contributed by atoms with E-state index in [1.807, 2.05) is 10.9 Å². The number of hydrogen-bond donors (Lipinski definition) is 0. The molecule has 0 saturated heterocycles. The summed E-state index contributed by atoms with van der Waals surface area (Å²) in [5.41, 5.74) is 1.02. The molecule has 0 unspecified atom stereocenters. The van der Waals surface area contributed by atoms with Crippen molar-refractivity contribution < 1.29 is 0 Å². The second-order valence-corrected chi connectivity index (χ2v) is 4.80. The normalized spacial score (nSPS) is 11.8. The maximum Gasteiger partial charge on any atom is 0.299 e. The van der Waals surface area contributed by atoms with Crippen LogP contribution in [0, 0.1) is 6.57 Å². The first-order valence-corrected chi connectivity index (χ1v) is 4.83. The maximum absolute atomic E-state index is 7.07. The first-order chi connectivity index (χ1) is 6.36. The molecule has 0 N–H and O–H groups in total. The van der Waals surface area contributed by atoms with E-state index < -0.39 is 0 Å². The highest BCUT2D eigenvalue weighted by Crippen LogP contribution is 2.31. The van der Waals surface area contributed by atoms with E-state index in [0.717, 1.165) is 5.56 Å². The Bertz CT molecular complexity index is 361. The third-order valence-electron chi connectivity index (χ3n) is 2.16. The minimum atomic E-state index is -0.00692. The van der Waals surface area contributed by atoms with Crippen molar-refractivity contribution in [2.24, 2.45) is 0 Å². The van der Waals surface area contributed by atoms with Crippen LogP contribution in [0.1, 0.15) is 46.2 Å². The molecule has 14 heavy (non-hydrogen) atoms. The molecule has 0 aromatic carbocycles. The van der Waals surface area contributed by atoms with Gasteiger partial charge in [0.05, 0.1) is 6.04 Å². The topological polar surface area (TPSA) is 22.2 Å². The molecule has 1 rings (SSSR count). The second-order valence-electron chi connectivity index (χ2n) is 4.80. The summed E-state index contributed by atoms with van der Waals surface area (Å²) < 4.78 is 1.86. The molecule has 3 heteroatoms. The molecule has 0 amide bonds. The van der Waals surface area contributed by atoms with Gasteiger partial charge in [0.2, 0.25) is 0 Å². The lowest BCUT2D eigenvalue weighted by molar-refractivity contribution is 0.529. The van der Waals surface area contributed by atoms with Crippen molar-refractivity contribution >= 4 is 5.82 Å². The molecule has 0 aliphatic carbocycles. The van der Waals surface area contributed by atoms with Crippen molar-refractivity contribution in [1.82, 2.24) is 9.78 Å². The summed E-state index contributed by atoms with van der Waals surface area (Å²) in [6, 6.07) is 0.312. The van der Waals surface area contributed by atoms with E-state index in [9.17, 15) is 0 Å². The van der Waals surface area contributed by atoms with Crippen LogP contribution in [-0.2, 0) is 5.41 Å². The van der Waals surface area contributed by atoms with E-state index in [2.05, 4.69) is 44.6 Å². The maximum atomic E-state index is 7.07. The van der Waals surface area contributed by atoms with Crippen LogP contribution < -0.4 is 0 Å². The average molecular weight is 191 g/mol. The summed E-state index contributed by atoms with van der Waals surface area (Å²) in [6.07, 6.45) is 1.98. The fourth-order valence-corrected chi connectivity index (χ4v) is 1.26. The zero-order chi connectivity index (χ0) is 10.9. The van der Waals surface area contributed by atoms with Gasteiger partial charge in [-0.3, -0.25) is 0 Å². The largest absolute Gasteiger partial charge is 0.359 e. The predicted octanol–water partition coefficient (Wildman–Crippen LogP) is 3.31. The molecule has 3 nitrogen and oxygen atoms in total. The molecule has 1 heterocycles. The van der Waals surface area contributed by atoms with E-state index in [-0.39, 0.29) is 5.41 Å². The van der Waals surface area contributed by atoms with Crippen LogP contribution in [0.2, 0.25) is 0 Å².